The van der Waals surface area contributed by atoms with Crippen molar-refractivity contribution in [3.63, 3.8) is 0 Å². The minimum atomic E-state index is -0.263. The van der Waals surface area contributed by atoms with Crippen molar-refractivity contribution in [1.82, 2.24) is 5.32 Å². The first-order chi connectivity index (χ1) is 7.11. The molecule has 3 heteroatoms. The summed E-state index contributed by atoms with van der Waals surface area (Å²) < 4.78 is 13.7. The molecule has 0 bridgehead atoms. The van der Waals surface area contributed by atoms with E-state index < -0.39 is 0 Å². The molecule has 1 heterocycles. The maximum absolute atomic E-state index is 13.7. The van der Waals surface area contributed by atoms with E-state index in [4.69, 9.17) is 0 Å². The van der Waals surface area contributed by atoms with Gasteiger partial charge in [-0.1, -0.05) is 19.9 Å². The highest BCUT2D eigenvalue weighted by Gasteiger charge is 2.29. The lowest BCUT2D eigenvalue weighted by molar-refractivity contribution is 0.0934. The first-order valence-electron chi connectivity index (χ1n) is 5.18. The molecule has 1 amide bonds. The Morgan fingerprint density at radius 1 is 1.47 bits per heavy atom. The molecule has 1 N–H and O–H groups in total. The number of carbonyl (C=O) groups excluding carboxylic acids is 1. The third-order valence-corrected chi connectivity index (χ3v) is 2.96. The molecule has 0 radical (unpaired) electrons. The fraction of sp³-hybridized carbons (Fsp3) is 0.417. The Balaban J connectivity index is 2.56. The van der Waals surface area contributed by atoms with Crippen LogP contribution >= 0.6 is 0 Å². The minimum Gasteiger partial charge on any atom is -0.351 e. The summed E-state index contributed by atoms with van der Waals surface area (Å²) in [6.45, 7) is 4.61. The van der Waals surface area contributed by atoms with Gasteiger partial charge < -0.3 is 5.32 Å². The van der Waals surface area contributed by atoms with Gasteiger partial charge in [0.1, 0.15) is 5.82 Å². The van der Waals surface area contributed by atoms with Gasteiger partial charge in [0, 0.05) is 23.6 Å². The summed E-state index contributed by atoms with van der Waals surface area (Å²) in [4.78, 5) is 11.5. The van der Waals surface area contributed by atoms with E-state index in [0.717, 1.165) is 0 Å². The molecule has 0 saturated heterocycles. The molecular weight excluding hydrogens is 193 g/mol. The Kier molecular flexibility index (Phi) is 2.47. The maximum atomic E-state index is 13.7. The summed E-state index contributed by atoms with van der Waals surface area (Å²) in [5.41, 5.74) is 1.07. The van der Waals surface area contributed by atoms with Crippen molar-refractivity contribution in [1.29, 1.82) is 0 Å². The standard InChI is InChI=1S/C12H14FNO/c1-7(2)9-6-14-12(15)8-4-3-5-10(13)11(8)9/h3-5,7,9H,6H2,1-2H3,(H,14,15). The van der Waals surface area contributed by atoms with Gasteiger partial charge in [0.2, 0.25) is 0 Å². The van der Waals surface area contributed by atoms with Crippen LogP contribution in [0.5, 0.6) is 0 Å². The third kappa shape index (κ3) is 1.62. The second-order valence-electron chi connectivity index (χ2n) is 4.26. The zero-order chi connectivity index (χ0) is 11.0. The zero-order valence-corrected chi connectivity index (χ0v) is 8.88. The highest BCUT2D eigenvalue weighted by molar-refractivity contribution is 5.97. The van der Waals surface area contributed by atoms with E-state index in [1.54, 1.807) is 12.1 Å². The van der Waals surface area contributed by atoms with E-state index in [9.17, 15) is 9.18 Å². The predicted molar refractivity (Wildman–Crippen MR) is 56.3 cm³/mol. The highest BCUT2D eigenvalue weighted by atomic mass is 19.1. The number of fused-ring (bicyclic) bond motifs is 1. The van der Waals surface area contributed by atoms with Gasteiger partial charge in [-0.15, -0.1) is 0 Å². The molecule has 2 nitrogen and oxygen atoms in total. The predicted octanol–water partition coefficient (Wildman–Crippen LogP) is 2.31. The van der Waals surface area contributed by atoms with Gasteiger partial charge in [-0.25, -0.2) is 4.39 Å². The number of hydrogen-bond acceptors (Lipinski definition) is 1. The summed E-state index contributed by atoms with van der Waals surface area (Å²) in [7, 11) is 0. The molecule has 1 unspecified atom stereocenters. The van der Waals surface area contributed by atoms with Crippen LogP contribution in [0.15, 0.2) is 18.2 Å². The van der Waals surface area contributed by atoms with Gasteiger partial charge in [0.05, 0.1) is 0 Å². The molecule has 15 heavy (non-hydrogen) atoms. The topological polar surface area (TPSA) is 29.1 Å². The second-order valence-corrected chi connectivity index (χ2v) is 4.26. The largest absolute Gasteiger partial charge is 0.351 e. The van der Waals surface area contributed by atoms with E-state index in [0.29, 0.717) is 23.6 Å². The molecule has 1 aromatic carbocycles. The Bertz CT molecular complexity index is 401. The molecule has 0 spiro atoms. The Labute approximate surface area is 88.5 Å². The smallest absolute Gasteiger partial charge is 0.251 e. The van der Waals surface area contributed by atoms with Crippen LogP contribution in [0.1, 0.15) is 35.7 Å². The lowest BCUT2D eigenvalue weighted by atomic mass is 9.82. The van der Waals surface area contributed by atoms with Gasteiger partial charge in [0.25, 0.3) is 5.91 Å². The lowest BCUT2D eigenvalue weighted by Gasteiger charge is -2.28. The van der Waals surface area contributed by atoms with Crippen molar-refractivity contribution in [2.75, 3.05) is 6.54 Å². The van der Waals surface area contributed by atoms with E-state index in [-0.39, 0.29) is 17.6 Å². The molecule has 1 aliphatic rings. The number of benzene rings is 1. The number of rotatable bonds is 1. The van der Waals surface area contributed by atoms with Gasteiger partial charge in [0.15, 0.2) is 0 Å². The SMILES string of the molecule is CC(C)C1CNC(=O)c2cccc(F)c21. The van der Waals surface area contributed by atoms with Crippen molar-refractivity contribution >= 4 is 5.91 Å². The highest BCUT2D eigenvalue weighted by Crippen LogP contribution is 2.31. The molecule has 0 saturated carbocycles. The zero-order valence-electron chi connectivity index (χ0n) is 8.88. The molecule has 1 aliphatic heterocycles. The average molecular weight is 207 g/mol. The Hall–Kier alpha value is -1.38. The Morgan fingerprint density at radius 3 is 2.87 bits per heavy atom. The molecule has 1 atom stereocenters. The monoisotopic (exact) mass is 207 g/mol. The van der Waals surface area contributed by atoms with Gasteiger partial charge in [-0.3, -0.25) is 4.79 Å². The van der Waals surface area contributed by atoms with Crippen molar-refractivity contribution in [2.24, 2.45) is 5.92 Å². The van der Waals surface area contributed by atoms with E-state index in [1.807, 2.05) is 13.8 Å². The van der Waals surface area contributed by atoms with Gasteiger partial charge in [-0.2, -0.15) is 0 Å². The molecule has 1 aromatic rings. The van der Waals surface area contributed by atoms with Crippen molar-refractivity contribution in [2.45, 2.75) is 19.8 Å². The van der Waals surface area contributed by atoms with Crippen LogP contribution < -0.4 is 5.32 Å². The number of amides is 1. The molecule has 0 aromatic heterocycles. The number of hydrogen-bond donors (Lipinski definition) is 1. The van der Waals surface area contributed by atoms with Crippen LogP contribution in [0.2, 0.25) is 0 Å². The average Bonchev–Trinajstić information content (AvgIpc) is 2.19. The first kappa shape index (κ1) is 10.1. The van der Waals surface area contributed by atoms with Crippen LogP contribution in [0, 0.1) is 11.7 Å². The van der Waals surface area contributed by atoms with E-state index in [2.05, 4.69) is 5.32 Å². The molecule has 0 aliphatic carbocycles. The minimum absolute atomic E-state index is 0.0823. The second kappa shape index (κ2) is 3.65. The van der Waals surface area contributed by atoms with Crippen LogP contribution in [-0.2, 0) is 0 Å². The summed E-state index contributed by atoms with van der Waals surface area (Å²) in [5, 5.41) is 2.79. The lowest BCUT2D eigenvalue weighted by Crippen LogP contribution is -2.37. The van der Waals surface area contributed by atoms with Crippen molar-refractivity contribution < 1.29 is 9.18 Å². The number of carbonyl (C=O) groups is 1. The van der Waals surface area contributed by atoms with Crippen LogP contribution in [-0.4, -0.2) is 12.5 Å². The summed E-state index contributed by atoms with van der Waals surface area (Å²) in [6.07, 6.45) is 0. The molecule has 2 rings (SSSR count). The summed E-state index contributed by atoms with van der Waals surface area (Å²) in [5.74, 6) is -0.0254. The van der Waals surface area contributed by atoms with Gasteiger partial charge in [-0.05, 0) is 18.1 Å². The quantitative estimate of drug-likeness (QED) is 0.752. The Morgan fingerprint density at radius 2 is 2.20 bits per heavy atom. The number of halogens is 1. The van der Waals surface area contributed by atoms with Crippen LogP contribution in [0.3, 0.4) is 0 Å². The van der Waals surface area contributed by atoms with Crippen molar-refractivity contribution in [3.05, 3.63) is 35.1 Å². The molecular formula is C12H14FNO. The molecule has 80 valence electrons. The van der Waals surface area contributed by atoms with Crippen LogP contribution in [0.4, 0.5) is 4.39 Å². The normalized spacial score (nSPS) is 20.0. The third-order valence-electron chi connectivity index (χ3n) is 2.96. The van der Waals surface area contributed by atoms with E-state index in [1.165, 1.54) is 6.07 Å². The maximum Gasteiger partial charge on any atom is 0.251 e. The van der Waals surface area contributed by atoms with Crippen molar-refractivity contribution in [3.8, 4) is 0 Å². The van der Waals surface area contributed by atoms with Crippen LogP contribution in [0.25, 0.3) is 0 Å². The molecule has 0 fully saturated rings. The summed E-state index contributed by atoms with van der Waals surface area (Å²) >= 11 is 0. The van der Waals surface area contributed by atoms with E-state index >= 15 is 0 Å². The number of nitrogens with one attached hydrogen (secondary N) is 1. The summed E-state index contributed by atoms with van der Waals surface area (Å²) in [6, 6.07) is 4.69. The van der Waals surface area contributed by atoms with Gasteiger partial charge >= 0.3 is 0 Å². The fourth-order valence-corrected chi connectivity index (χ4v) is 2.08. The fourth-order valence-electron chi connectivity index (χ4n) is 2.08. The first-order valence-corrected chi connectivity index (χ1v) is 5.18.